The predicted octanol–water partition coefficient (Wildman–Crippen LogP) is 1.73. The molecule has 3 heterocycles. The van der Waals surface area contributed by atoms with Crippen molar-refractivity contribution >= 4 is 37.5 Å². The molecule has 0 aromatic carbocycles. The molecule has 1 saturated carbocycles. The number of carbonyl (C=O) groups excluding carboxylic acids is 1. The molecular formula is C21H30N4O5S2. The van der Waals surface area contributed by atoms with Crippen molar-refractivity contribution < 1.29 is 17.9 Å². The van der Waals surface area contributed by atoms with E-state index in [2.05, 4.69) is 24.1 Å². The highest BCUT2D eigenvalue weighted by atomic mass is 32.2. The summed E-state index contributed by atoms with van der Waals surface area (Å²) in [6.07, 6.45) is 4.49. The number of ether oxygens (including phenoxy) is 1. The lowest BCUT2D eigenvalue weighted by molar-refractivity contribution is -0.123. The molecule has 2 aromatic heterocycles. The maximum atomic E-state index is 13.3. The van der Waals surface area contributed by atoms with E-state index < -0.39 is 15.6 Å². The molecule has 32 heavy (non-hydrogen) atoms. The lowest BCUT2D eigenvalue weighted by Gasteiger charge is -2.34. The van der Waals surface area contributed by atoms with Crippen LogP contribution in [0.25, 0.3) is 10.2 Å². The van der Waals surface area contributed by atoms with Crippen molar-refractivity contribution in [3.63, 3.8) is 0 Å². The number of aromatic nitrogens is 2. The van der Waals surface area contributed by atoms with Gasteiger partial charge in [-0.3, -0.25) is 14.2 Å². The molecule has 2 fully saturated rings. The topological polar surface area (TPSA) is 111 Å². The highest BCUT2D eigenvalue weighted by Gasteiger charge is 2.33. The zero-order valence-corrected chi connectivity index (χ0v) is 20.3. The molecule has 1 amide bonds. The zero-order valence-electron chi connectivity index (χ0n) is 18.7. The van der Waals surface area contributed by atoms with E-state index in [9.17, 15) is 18.0 Å². The first kappa shape index (κ1) is 23.3. The number of rotatable bonds is 5. The molecule has 2 aliphatic rings. The molecule has 0 radical (unpaired) electrons. The average molecular weight is 483 g/mol. The fraction of sp³-hybridized carbons (Fsp3) is 0.667. The molecule has 3 unspecified atom stereocenters. The molecule has 3 atom stereocenters. The van der Waals surface area contributed by atoms with Crippen LogP contribution in [0.1, 0.15) is 38.0 Å². The molecular weight excluding hydrogens is 452 g/mol. The van der Waals surface area contributed by atoms with Crippen molar-refractivity contribution in [1.82, 2.24) is 19.2 Å². The molecule has 1 aliphatic heterocycles. The summed E-state index contributed by atoms with van der Waals surface area (Å²) in [5, 5.41) is 3.12. The van der Waals surface area contributed by atoms with E-state index in [0.717, 1.165) is 19.3 Å². The normalized spacial score (nSPS) is 25.2. The summed E-state index contributed by atoms with van der Waals surface area (Å²) in [6, 6.07) is 0.0827. The summed E-state index contributed by atoms with van der Waals surface area (Å²) in [4.78, 5) is 31.2. The first-order valence-electron chi connectivity index (χ1n) is 11.1. The van der Waals surface area contributed by atoms with Crippen LogP contribution < -0.4 is 10.9 Å². The van der Waals surface area contributed by atoms with E-state index in [1.165, 1.54) is 26.5 Å². The predicted molar refractivity (Wildman–Crippen MR) is 122 cm³/mol. The van der Waals surface area contributed by atoms with Crippen LogP contribution in [0.4, 0.5) is 0 Å². The Morgan fingerprint density at radius 1 is 1.28 bits per heavy atom. The second kappa shape index (κ2) is 9.20. The van der Waals surface area contributed by atoms with Crippen molar-refractivity contribution in [3.05, 3.63) is 21.6 Å². The average Bonchev–Trinajstić information content (AvgIpc) is 3.11. The van der Waals surface area contributed by atoms with Gasteiger partial charge in [0.2, 0.25) is 15.9 Å². The third kappa shape index (κ3) is 4.35. The Balaban J connectivity index is 1.63. The number of nitrogens with zero attached hydrogens (tertiary/aromatic N) is 3. The van der Waals surface area contributed by atoms with E-state index in [0.29, 0.717) is 34.8 Å². The van der Waals surface area contributed by atoms with Crippen molar-refractivity contribution in [2.75, 3.05) is 26.3 Å². The summed E-state index contributed by atoms with van der Waals surface area (Å²) in [6.45, 7) is 6.96. The summed E-state index contributed by atoms with van der Waals surface area (Å²) in [5.74, 6) is 0.648. The lowest BCUT2D eigenvalue weighted by atomic mass is 9.78. The molecule has 9 nitrogen and oxygen atoms in total. The van der Waals surface area contributed by atoms with Crippen molar-refractivity contribution in [3.8, 4) is 0 Å². The van der Waals surface area contributed by atoms with E-state index in [1.54, 1.807) is 6.92 Å². The monoisotopic (exact) mass is 482 g/mol. The maximum Gasteiger partial charge on any atom is 0.263 e. The fourth-order valence-electron chi connectivity index (χ4n) is 4.65. The second-order valence-electron chi connectivity index (χ2n) is 8.80. The molecule has 1 saturated heterocycles. The van der Waals surface area contributed by atoms with Crippen molar-refractivity contribution in [2.45, 2.75) is 57.5 Å². The lowest BCUT2D eigenvalue weighted by Crippen LogP contribution is -2.45. The molecule has 11 heteroatoms. The zero-order chi connectivity index (χ0) is 23.0. The summed E-state index contributed by atoms with van der Waals surface area (Å²) in [7, 11) is -3.87. The third-order valence-corrected chi connectivity index (χ3v) is 9.95. The van der Waals surface area contributed by atoms with Gasteiger partial charge in [0.25, 0.3) is 5.56 Å². The van der Waals surface area contributed by atoms with Crippen LogP contribution >= 0.6 is 11.3 Å². The van der Waals surface area contributed by atoms with E-state index in [1.807, 2.05) is 0 Å². The molecule has 2 aromatic rings. The molecule has 4 rings (SSSR count). The number of hydrogen-bond donors (Lipinski definition) is 1. The van der Waals surface area contributed by atoms with Gasteiger partial charge in [0.05, 0.1) is 24.9 Å². The van der Waals surface area contributed by atoms with Gasteiger partial charge in [0.1, 0.15) is 16.3 Å². The second-order valence-corrected chi connectivity index (χ2v) is 11.9. The maximum absolute atomic E-state index is 13.3. The first-order valence-corrected chi connectivity index (χ1v) is 13.3. The van der Waals surface area contributed by atoms with Crippen LogP contribution in [0.15, 0.2) is 16.0 Å². The number of carbonyl (C=O) groups is 1. The van der Waals surface area contributed by atoms with Gasteiger partial charge in [-0.15, -0.1) is 11.3 Å². The summed E-state index contributed by atoms with van der Waals surface area (Å²) in [5.41, 5.74) is -0.508. The Labute approximate surface area is 191 Å². The number of nitrogens with one attached hydrogen (secondary N) is 1. The van der Waals surface area contributed by atoms with Crippen LogP contribution in [0.2, 0.25) is 0 Å². The Morgan fingerprint density at radius 2 is 2.00 bits per heavy atom. The van der Waals surface area contributed by atoms with Gasteiger partial charge >= 0.3 is 0 Å². The number of amides is 1. The molecule has 176 valence electrons. The van der Waals surface area contributed by atoms with Crippen LogP contribution in [-0.2, 0) is 26.1 Å². The Hall–Kier alpha value is -1.82. The third-order valence-electron chi connectivity index (χ3n) is 6.73. The number of fused-ring (bicyclic) bond motifs is 1. The van der Waals surface area contributed by atoms with Crippen LogP contribution in [-0.4, -0.2) is 60.5 Å². The largest absolute Gasteiger partial charge is 0.379 e. The van der Waals surface area contributed by atoms with Gasteiger partial charge in [-0.25, -0.2) is 13.4 Å². The van der Waals surface area contributed by atoms with E-state index in [-0.39, 0.29) is 41.9 Å². The quantitative estimate of drug-likeness (QED) is 0.695. The van der Waals surface area contributed by atoms with Crippen LogP contribution in [0, 0.1) is 18.8 Å². The Bertz CT molecular complexity index is 1170. The van der Waals surface area contributed by atoms with Gasteiger partial charge in [0.15, 0.2) is 0 Å². The van der Waals surface area contributed by atoms with Gasteiger partial charge in [-0.2, -0.15) is 4.31 Å². The van der Waals surface area contributed by atoms with E-state index >= 15 is 0 Å². The highest BCUT2D eigenvalue weighted by Crippen LogP contribution is 2.33. The molecule has 1 aliphatic carbocycles. The minimum absolute atomic E-state index is 0.00128. The number of hydrogen-bond acceptors (Lipinski definition) is 7. The van der Waals surface area contributed by atoms with E-state index in [4.69, 9.17) is 4.74 Å². The smallest absolute Gasteiger partial charge is 0.263 e. The minimum atomic E-state index is -3.87. The van der Waals surface area contributed by atoms with Gasteiger partial charge in [0, 0.05) is 24.0 Å². The van der Waals surface area contributed by atoms with Crippen LogP contribution in [0.3, 0.4) is 0 Å². The SMILES string of the molecule is Cc1sc2ncn(CC(=O)NC3CCCC(C)C3C)c(=O)c2c1S(=O)(=O)N1CCOCC1. The number of aryl methyl sites for hydroxylation is 1. The fourth-order valence-corrected chi connectivity index (χ4v) is 7.72. The van der Waals surface area contributed by atoms with Gasteiger partial charge in [-0.1, -0.05) is 26.7 Å². The first-order chi connectivity index (χ1) is 15.2. The van der Waals surface area contributed by atoms with Crippen LogP contribution in [0.5, 0.6) is 0 Å². The van der Waals surface area contributed by atoms with Crippen molar-refractivity contribution in [2.24, 2.45) is 11.8 Å². The number of morpholine rings is 1. The Morgan fingerprint density at radius 3 is 2.72 bits per heavy atom. The standard InChI is InChI=1S/C21H30N4O5S2/c1-13-5-4-6-16(14(13)2)23-17(26)11-24-12-22-20-18(21(24)27)19(15(3)31-20)32(28,29)25-7-9-30-10-8-25/h12-14,16H,4-11H2,1-3H3,(H,23,26). The molecule has 0 spiro atoms. The van der Waals surface area contributed by atoms with Gasteiger partial charge in [-0.05, 0) is 25.2 Å². The van der Waals surface area contributed by atoms with Crippen molar-refractivity contribution in [1.29, 1.82) is 0 Å². The summed E-state index contributed by atoms with van der Waals surface area (Å²) >= 11 is 1.18. The molecule has 1 N–H and O–H groups in total. The number of thiophene rings is 1. The summed E-state index contributed by atoms with van der Waals surface area (Å²) < 4.78 is 34.5. The van der Waals surface area contributed by atoms with Gasteiger partial charge < -0.3 is 10.1 Å². The highest BCUT2D eigenvalue weighted by molar-refractivity contribution is 7.89. The molecule has 0 bridgehead atoms. The Kier molecular flexibility index (Phi) is 6.71. The number of sulfonamides is 1. The minimum Gasteiger partial charge on any atom is -0.379 e.